The fraction of sp³-hybridized carbons (Fsp3) is 1.00. The summed E-state index contributed by atoms with van der Waals surface area (Å²) in [7, 11) is -0.626. The van der Waals surface area contributed by atoms with Crippen LogP contribution in [0.2, 0.25) is 0 Å². The van der Waals surface area contributed by atoms with Crippen LogP contribution in [0.1, 0.15) is 25.7 Å². The molecule has 0 aromatic rings. The molecule has 0 unspecified atom stereocenters. The minimum Gasteiger partial charge on any atom is -0.381 e. The quantitative estimate of drug-likeness (QED) is 0.755. The summed E-state index contributed by atoms with van der Waals surface area (Å²) >= 11 is 0. The van der Waals surface area contributed by atoms with Crippen molar-refractivity contribution in [3.63, 3.8) is 0 Å². The van der Waals surface area contributed by atoms with Gasteiger partial charge in [0.15, 0.2) is 0 Å². The first kappa shape index (κ1) is 12.5. The highest BCUT2D eigenvalue weighted by molar-refractivity contribution is 7.85. The SMILES string of the molecule is O=S(CC1CCOCC1)CC1CCOCC1. The van der Waals surface area contributed by atoms with Crippen molar-refractivity contribution in [2.24, 2.45) is 11.8 Å². The first-order valence-corrected chi connectivity index (χ1v) is 7.84. The highest BCUT2D eigenvalue weighted by Gasteiger charge is 2.20. The number of ether oxygens (including phenoxy) is 2. The van der Waals surface area contributed by atoms with Crippen molar-refractivity contribution in [3.05, 3.63) is 0 Å². The van der Waals surface area contributed by atoms with E-state index >= 15 is 0 Å². The van der Waals surface area contributed by atoms with Gasteiger partial charge in [0, 0.05) is 48.7 Å². The molecule has 2 aliphatic heterocycles. The van der Waals surface area contributed by atoms with Gasteiger partial charge < -0.3 is 9.47 Å². The maximum absolute atomic E-state index is 12.0. The average Bonchev–Trinajstić information content (AvgIpc) is 2.31. The molecule has 2 aliphatic rings. The van der Waals surface area contributed by atoms with Crippen molar-refractivity contribution >= 4 is 10.8 Å². The lowest BCUT2D eigenvalue weighted by Crippen LogP contribution is -2.26. The smallest absolute Gasteiger partial charge is 0.0469 e. The summed E-state index contributed by atoms with van der Waals surface area (Å²) in [4.78, 5) is 0. The zero-order chi connectivity index (χ0) is 11.2. The van der Waals surface area contributed by atoms with E-state index in [0.717, 1.165) is 63.6 Å². The standard InChI is InChI=1S/C12H22O3S/c13-16(9-11-1-5-14-6-2-11)10-12-3-7-15-8-4-12/h11-12H,1-10H2. The summed E-state index contributed by atoms with van der Waals surface area (Å²) < 4.78 is 22.6. The lowest BCUT2D eigenvalue weighted by Gasteiger charge is -2.24. The van der Waals surface area contributed by atoms with Gasteiger partial charge in [-0.2, -0.15) is 0 Å². The van der Waals surface area contributed by atoms with Gasteiger partial charge >= 0.3 is 0 Å². The molecule has 2 rings (SSSR count). The Morgan fingerprint density at radius 3 is 1.56 bits per heavy atom. The Hall–Kier alpha value is 0.0700. The third kappa shape index (κ3) is 4.15. The van der Waals surface area contributed by atoms with Crippen LogP contribution in [-0.4, -0.2) is 42.1 Å². The van der Waals surface area contributed by atoms with E-state index in [9.17, 15) is 4.21 Å². The molecule has 16 heavy (non-hydrogen) atoms. The third-order valence-electron chi connectivity index (χ3n) is 3.52. The monoisotopic (exact) mass is 246 g/mol. The van der Waals surface area contributed by atoms with Crippen molar-refractivity contribution in [2.45, 2.75) is 25.7 Å². The molecule has 4 heteroatoms. The summed E-state index contributed by atoms with van der Waals surface area (Å²) in [6.45, 7) is 3.44. The molecule has 2 fully saturated rings. The molecule has 0 spiro atoms. The molecule has 0 N–H and O–H groups in total. The molecule has 0 aliphatic carbocycles. The molecular formula is C12H22O3S. The Kier molecular flexibility index (Phi) is 5.26. The number of rotatable bonds is 4. The molecule has 0 bridgehead atoms. The van der Waals surface area contributed by atoms with Gasteiger partial charge in [-0.05, 0) is 37.5 Å². The topological polar surface area (TPSA) is 35.5 Å². The normalized spacial score (nSPS) is 25.1. The molecule has 0 atom stereocenters. The summed E-state index contributed by atoms with van der Waals surface area (Å²) in [5.41, 5.74) is 0. The molecule has 2 saturated heterocycles. The maximum atomic E-state index is 12.0. The number of hydrogen-bond acceptors (Lipinski definition) is 3. The van der Waals surface area contributed by atoms with Crippen LogP contribution in [0.3, 0.4) is 0 Å². The van der Waals surface area contributed by atoms with E-state index in [-0.39, 0.29) is 0 Å². The predicted octanol–water partition coefficient (Wildman–Crippen LogP) is 1.59. The second-order valence-electron chi connectivity index (χ2n) is 4.88. The fourth-order valence-corrected chi connectivity index (χ4v) is 4.27. The zero-order valence-corrected chi connectivity index (χ0v) is 10.7. The predicted molar refractivity (Wildman–Crippen MR) is 65.0 cm³/mol. The summed E-state index contributed by atoms with van der Waals surface area (Å²) in [6.07, 6.45) is 4.39. The molecule has 94 valence electrons. The van der Waals surface area contributed by atoms with Gasteiger partial charge in [-0.1, -0.05) is 0 Å². The van der Waals surface area contributed by atoms with Crippen molar-refractivity contribution in [2.75, 3.05) is 37.9 Å². The van der Waals surface area contributed by atoms with E-state index < -0.39 is 10.8 Å². The Bertz CT molecular complexity index is 198. The molecule has 0 amide bonds. The molecule has 0 aromatic carbocycles. The van der Waals surface area contributed by atoms with E-state index in [1.54, 1.807) is 0 Å². The second-order valence-corrected chi connectivity index (χ2v) is 6.43. The zero-order valence-electron chi connectivity index (χ0n) is 9.86. The van der Waals surface area contributed by atoms with Gasteiger partial charge in [0.1, 0.15) is 0 Å². The number of hydrogen-bond donors (Lipinski definition) is 0. The van der Waals surface area contributed by atoms with Gasteiger partial charge in [0.2, 0.25) is 0 Å². The van der Waals surface area contributed by atoms with Gasteiger partial charge in [-0.25, -0.2) is 0 Å². The van der Waals surface area contributed by atoms with E-state index in [4.69, 9.17) is 9.47 Å². The molecular weight excluding hydrogens is 224 g/mol. The van der Waals surface area contributed by atoms with Crippen LogP contribution in [0.25, 0.3) is 0 Å². The molecule has 0 radical (unpaired) electrons. The molecule has 0 saturated carbocycles. The highest BCUT2D eigenvalue weighted by Crippen LogP contribution is 2.19. The van der Waals surface area contributed by atoms with Gasteiger partial charge in [0.25, 0.3) is 0 Å². The van der Waals surface area contributed by atoms with Crippen LogP contribution >= 0.6 is 0 Å². The first-order valence-electron chi connectivity index (χ1n) is 6.35. The summed E-state index contributed by atoms with van der Waals surface area (Å²) in [5, 5.41) is 0. The van der Waals surface area contributed by atoms with Gasteiger partial charge in [0.05, 0.1) is 0 Å². The van der Waals surface area contributed by atoms with Crippen molar-refractivity contribution in [1.29, 1.82) is 0 Å². The Balaban J connectivity index is 1.66. The fourth-order valence-electron chi connectivity index (χ4n) is 2.42. The van der Waals surface area contributed by atoms with Crippen LogP contribution in [0, 0.1) is 11.8 Å². The molecule has 3 nitrogen and oxygen atoms in total. The lowest BCUT2D eigenvalue weighted by atomic mass is 10.0. The lowest BCUT2D eigenvalue weighted by molar-refractivity contribution is 0.0710. The van der Waals surface area contributed by atoms with Crippen LogP contribution in [0.15, 0.2) is 0 Å². The van der Waals surface area contributed by atoms with E-state index in [1.807, 2.05) is 0 Å². The van der Waals surface area contributed by atoms with Crippen LogP contribution in [0.4, 0.5) is 0 Å². The molecule has 0 aromatic heterocycles. The summed E-state index contributed by atoms with van der Waals surface area (Å²) in [5.74, 6) is 3.05. The van der Waals surface area contributed by atoms with Gasteiger partial charge in [-0.3, -0.25) is 4.21 Å². The van der Waals surface area contributed by atoms with E-state index in [1.165, 1.54) is 0 Å². The Labute approximate surface area is 100 Å². The summed E-state index contributed by atoms with van der Waals surface area (Å²) in [6, 6.07) is 0. The highest BCUT2D eigenvalue weighted by atomic mass is 32.2. The van der Waals surface area contributed by atoms with Crippen molar-refractivity contribution in [1.82, 2.24) is 0 Å². The third-order valence-corrected chi connectivity index (χ3v) is 5.21. The van der Waals surface area contributed by atoms with Crippen LogP contribution in [-0.2, 0) is 20.3 Å². The Morgan fingerprint density at radius 2 is 1.19 bits per heavy atom. The van der Waals surface area contributed by atoms with Crippen LogP contribution in [0.5, 0.6) is 0 Å². The largest absolute Gasteiger partial charge is 0.381 e. The first-order chi connectivity index (χ1) is 7.84. The minimum absolute atomic E-state index is 0.626. The van der Waals surface area contributed by atoms with E-state index in [2.05, 4.69) is 0 Å². The van der Waals surface area contributed by atoms with Crippen molar-refractivity contribution in [3.8, 4) is 0 Å². The minimum atomic E-state index is -0.626. The van der Waals surface area contributed by atoms with Crippen LogP contribution < -0.4 is 0 Å². The Morgan fingerprint density at radius 1 is 0.812 bits per heavy atom. The van der Waals surface area contributed by atoms with Crippen molar-refractivity contribution < 1.29 is 13.7 Å². The second kappa shape index (κ2) is 6.72. The van der Waals surface area contributed by atoms with Gasteiger partial charge in [-0.15, -0.1) is 0 Å². The van der Waals surface area contributed by atoms with E-state index in [0.29, 0.717) is 11.8 Å². The maximum Gasteiger partial charge on any atom is 0.0469 e. The molecule has 2 heterocycles. The average molecular weight is 246 g/mol.